The van der Waals surface area contributed by atoms with Crippen molar-refractivity contribution in [1.29, 1.82) is 0 Å². The molecular formula is C25H33N5O3S. The van der Waals surface area contributed by atoms with Crippen LogP contribution in [-0.2, 0) is 6.54 Å². The smallest absolute Gasteiger partial charge is 0.291 e. The molecule has 0 unspecified atom stereocenters. The summed E-state index contributed by atoms with van der Waals surface area (Å²) in [5.41, 5.74) is 0.785. The summed E-state index contributed by atoms with van der Waals surface area (Å²) in [6, 6.07) is 9.13. The molecule has 0 bridgehead atoms. The normalized spacial score (nSPS) is 15.4. The number of phenols is 1. The topological polar surface area (TPSA) is 102 Å². The van der Waals surface area contributed by atoms with Gasteiger partial charge in [0.1, 0.15) is 17.1 Å². The highest BCUT2D eigenvalue weighted by atomic mass is 32.1. The second-order valence-corrected chi connectivity index (χ2v) is 10.2. The fourth-order valence-electron chi connectivity index (χ4n) is 4.53. The number of para-hydroxylation sites is 1. The standard InChI is InChI=1S/C25H33N5O3S/c1-16(20-13-8-14-34-20)26-21-22(27-19-12-7-9-17(23(19)31)15-29(2)3)25(33)30(28-24(21)32)18-10-5-4-6-11-18/h7-9,12-14,16,18,26-27,31H,4-6,10-11,15H2,1-3H3,(H,28,32)/t16-/m1/s1. The molecule has 8 nitrogen and oxygen atoms in total. The van der Waals surface area contributed by atoms with Crippen LogP contribution in [0.15, 0.2) is 45.3 Å². The zero-order valence-corrected chi connectivity index (χ0v) is 20.7. The van der Waals surface area contributed by atoms with Crippen molar-refractivity contribution >= 4 is 28.4 Å². The number of hydrogen-bond acceptors (Lipinski definition) is 7. The molecule has 0 saturated heterocycles. The van der Waals surface area contributed by atoms with Crippen LogP contribution < -0.4 is 21.8 Å². The molecule has 0 spiro atoms. The van der Waals surface area contributed by atoms with E-state index in [1.165, 1.54) is 4.68 Å². The van der Waals surface area contributed by atoms with E-state index in [-0.39, 0.29) is 40.3 Å². The van der Waals surface area contributed by atoms with Crippen LogP contribution in [0.4, 0.5) is 17.1 Å². The maximum absolute atomic E-state index is 13.7. The first kappa shape index (κ1) is 24.1. The maximum atomic E-state index is 13.7. The number of aromatic hydroxyl groups is 1. The van der Waals surface area contributed by atoms with E-state index in [4.69, 9.17) is 0 Å². The van der Waals surface area contributed by atoms with E-state index in [0.29, 0.717) is 12.2 Å². The Bertz CT molecular complexity index is 1230. The van der Waals surface area contributed by atoms with E-state index >= 15 is 0 Å². The number of rotatable bonds is 8. The molecular weight excluding hydrogens is 450 g/mol. The Kier molecular flexibility index (Phi) is 7.43. The molecule has 1 aliphatic rings. The monoisotopic (exact) mass is 483 g/mol. The van der Waals surface area contributed by atoms with Gasteiger partial charge in [-0.15, -0.1) is 11.3 Å². The Morgan fingerprint density at radius 1 is 1.15 bits per heavy atom. The summed E-state index contributed by atoms with van der Waals surface area (Å²) in [5, 5.41) is 22.1. The Labute approximate surface area is 203 Å². The Hall–Kier alpha value is -3.04. The lowest BCUT2D eigenvalue weighted by molar-refractivity contribution is 0.317. The minimum atomic E-state index is -0.361. The van der Waals surface area contributed by atoms with Crippen molar-refractivity contribution in [3.63, 3.8) is 0 Å². The van der Waals surface area contributed by atoms with Gasteiger partial charge in [-0.25, -0.2) is 4.68 Å². The Morgan fingerprint density at radius 3 is 2.59 bits per heavy atom. The number of thiophene rings is 1. The van der Waals surface area contributed by atoms with E-state index in [2.05, 4.69) is 15.7 Å². The summed E-state index contributed by atoms with van der Waals surface area (Å²) in [7, 11) is 3.85. The van der Waals surface area contributed by atoms with Gasteiger partial charge in [-0.1, -0.05) is 37.5 Å². The van der Waals surface area contributed by atoms with Crippen molar-refractivity contribution in [1.82, 2.24) is 14.7 Å². The van der Waals surface area contributed by atoms with Gasteiger partial charge >= 0.3 is 0 Å². The lowest BCUT2D eigenvalue weighted by Crippen LogP contribution is -2.36. The van der Waals surface area contributed by atoms with E-state index in [9.17, 15) is 14.7 Å². The van der Waals surface area contributed by atoms with Crippen LogP contribution in [-0.4, -0.2) is 33.9 Å². The number of benzene rings is 1. The molecule has 1 fully saturated rings. The number of nitrogens with one attached hydrogen (secondary N) is 3. The number of aromatic amines is 1. The molecule has 4 rings (SSSR count). The quantitative estimate of drug-likeness (QED) is 0.344. The lowest BCUT2D eigenvalue weighted by atomic mass is 9.95. The van der Waals surface area contributed by atoms with Crippen molar-refractivity contribution in [2.24, 2.45) is 0 Å². The highest BCUT2D eigenvalue weighted by Crippen LogP contribution is 2.33. The Balaban J connectivity index is 1.79. The van der Waals surface area contributed by atoms with Crippen LogP contribution in [0, 0.1) is 0 Å². The predicted octanol–water partition coefficient (Wildman–Crippen LogP) is 4.79. The van der Waals surface area contributed by atoms with Gasteiger partial charge in [0.05, 0.1) is 17.8 Å². The van der Waals surface area contributed by atoms with E-state index in [0.717, 1.165) is 42.5 Å². The van der Waals surface area contributed by atoms with Gasteiger partial charge in [-0.05, 0) is 51.4 Å². The Morgan fingerprint density at radius 2 is 1.91 bits per heavy atom. The molecule has 34 heavy (non-hydrogen) atoms. The molecule has 0 aliphatic heterocycles. The van der Waals surface area contributed by atoms with E-state index in [1.807, 2.05) is 55.6 Å². The van der Waals surface area contributed by atoms with Crippen LogP contribution in [0.2, 0.25) is 0 Å². The summed E-state index contributed by atoms with van der Waals surface area (Å²) in [5.74, 6) is 0.0670. The van der Waals surface area contributed by atoms with Gasteiger partial charge in [0, 0.05) is 17.0 Å². The molecule has 0 amide bonds. The molecule has 2 heterocycles. The van der Waals surface area contributed by atoms with E-state index < -0.39 is 0 Å². The number of H-pyrrole nitrogens is 1. The largest absolute Gasteiger partial charge is 0.505 e. The summed E-state index contributed by atoms with van der Waals surface area (Å²) in [4.78, 5) is 30.0. The average molecular weight is 484 g/mol. The molecule has 1 saturated carbocycles. The van der Waals surface area contributed by atoms with Gasteiger partial charge < -0.3 is 20.6 Å². The molecule has 182 valence electrons. The SMILES string of the molecule is C[C@@H](Nc1c(Nc2cccc(CN(C)C)c2O)c(=O)n(C2CCCCC2)[nH]c1=O)c1cccs1. The van der Waals surface area contributed by atoms with Crippen molar-refractivity contribution in [3.8, 4) is 5.75 Å². The highest BCUT2D eigenvalue weighted by molar-refractivity contribution is 7.10. The first-order valence-corrected chi connectivity index (χ1v) is 12.6. The van der Waals surface area contributed by atoms with Gasteiger partial charge in [-0.2, -0.15) is 0 Å². The molecule has 1 aromatic carbocycles. The molecule has 4 N–H and O–H groups in total. The fraction of sp³-hybridized carbons (Fsp3) is 0.440. The first-order chi connectivity index (χ1) is 16.3. The van der Waals surface area contributed by atoms with E-state index in [1.54, 1.807) is 17.4 Å². The van der Waals surface area contributed by atoms with Crippen molar-refractivity contribution in [2.75, 3.05) is 24.7 Å². The molecule has 0 radical (unpaired) electrons. The zero-order chi connectivity index (χ0) is 24.2. The van der Waals surface area contributed by atoms with Crippen LogP contribution in [0.3, 0.4) is 0 Å². The second-order valence-electron chi connectivity index (χ2n) is 9.22. The highest BCUT2D eigenvalue weighted by Gasteiger charge is 2.24. The molecule has 2 aromatic heterocycles. The van der Waals surface area contributed by atoms with Crippen molar-refractivity contribution in [2.45, 2.75) is 57.7 Å². The third-order valence-corrected chi connectivity index (χ3v) is 7.32. The minimum absolute atomic E-state index is 0.0352. The van der Waals surface area contributed by atoms with Gasteiger partial charge in [0.15, 0.2) is 0 Å². The minimum Gasteiger partial charge on any atom is -0.505 e. The number of aromatic nitrogens is 2. The number of phenolic OH excluding ortho intramolecular Hbond substituents is 1. The van der Waals surface area contributed by atoms with Crippen molar-refractivity contribution < 1.29 is 5.11 Å². The van der Waals surface area contributed by atoms with Gasteiger partial charge in [0.25, 0.3) is 11.1 Å². The van der Waals surface area contributed by atoms with Gasteiger partial charge in [-0.3, -0.25) is 14.7 Å². The lowest BCUT2D eigenvalue weighted by Gasteiger charge is -2.25. The molecule has 1 atom stereocenters. The molecule has 1 aliphatic carbocycles. The summed E-state index contributed by atoms with van der Waals surface area (Å²) < 4.78 is 1.48. The number of anilines is 3. The van der Waals surface area contributed by atoms with Crippen molar-refractivity contribution in [3.05, 3.63) is 66.9 Å². The third kappa shape index (κ3) is 5.20. The first-order valence-electron chi connectivity index (χ1n) is 11.8. The number of nitrogens with zero attached hydrogens (tertiary/aromatic N) is 2. The van der Waals surface area contributed by atoms with Crippen LogP contribution in [0.1, 0.15) is 61.6 Å². The van der Waals surface area contributed by atoms with Gasteiger partial charge in [0.2, 0.25) is 0 Å². The van der Waals surface area contributed by atoms with Crippen LogP contribution in [0.25, 0.3) is 0 Å². The molecule has 3 aromatic rings. The maximum Gasteiger partial charge on any atom is 0.291 e. The average Bonchev–Trinajstić information content (AvgIpc) is 3.36. The summed E-state index contributed by atoms with van der Waals surface area (Å²) in [6.07, 6.45) is 4.93. The zero-order valence-electron chi connectivity index (χ0n) is 19.9. The summed E-state index contributed by atoms with van der Waals surface area (Å²) in [6.45, 7) is 2.50. The molecule has 9 heteroatoms. The third-order valence-electron chi connectivity index (χ3n) is 6.27. The van der Waals surface area contributed by atoms with Crippen LogP contribution in [0.5, 0.6) is 5.75 Å². The summed E-state index contributed by atoms with van der Waals surface area (Å²) >= 11 is 1.58. The predicted molar refractivity (Wildman–Crippen MR) is 139 cm³/mol. The fourth-order valence-corrected chi connectivity index (χ4v) is 5.26. The van der Waals surface area contributed by atoms with Crippen LogP contribution >= 0.6 is 11.3 Å². The second kappa shape index (κ2) is 10.5. The number of hydrogen-bond donors (Lipinski definition) is 4.